The molecule has 3 heteroatoms. The lowest BCUT2D eigenvalue weighted by atomic mass is 10.1. The van der Waals surface area contributed by atoms with Crippen molar-refractivity contribution >= 4 is 5.95 Å². The van der Waals surface area contributed by atoms with Gasteiger partial charge in [0.2, 0.25) is 5.95 Å². The molecule has 0 bridgehead atoms. The van der Waals surface area contributed by atoms with Crippen LogP contribution < -0.4 is 4.90 Å². The molecule has 2 heterocycles. The molecule has 0 amide bonds. The molecule has 0 aromatic carbocycles. The van der Waals surface area contributed by atoms with Gasteiger partial charge < -0.3 is 4.90 Å². The Bertz CT molecular complexity index is 341. The van der Waals surface area contributed by atoms with E-state index in [-0.39, 0.29) is 0 Å². The average Bonchev–Trinajstić information content (AvgIpc) is 2.69. The Morgan fingerprint density at radius 1 is 1.20 bits per heavy atom. The number of nitrogens with zero attached hydrogens (tertiary/aromatic N) is 3. The monoisotopic (exact) mass is 205 g/mol. The highest BCUT2D eigenvalue weighted by molar-refractivity contribution is 5.34. The summed E-state index contributed by atoms with van der Waals surface area (Å²) in [6.45, 7) is 8.63. The average molecular weight is 205 g/mol. The van der Waals surface area contributed by atoms with Gasteiger partial charge in [0.05, 0.1) is 0 Å². The zero-order chi connectivity index (χ0) is 10.8. The van der Waals surface area contributed by atoms with Gasteiger partial charge in [0.15, 0.2) is 0 Å². The normalized spacial score (nSPS) is 16.4. The molecule has 0 aliphatic carbocycles. The van der Waals surface area contributed by atoms with Crippen molar-refractivity contribution in [3.05, 3.63) is 17.5 Å². The van der Waals surface area contributed by atoms with E-state index in [0.717, 1.165) is 30.4 Å². The van der Waals surface area contributed by atoms with Crippen molar-refractivity contribution in [2.75, 3.05) is 18.0 Å². The van der Waals surface area contributed by atoms with E-state index in [1.165, 1.54) is 12.8 Å². The predicted octanol–water partition coefficient (Wildman–Crippen LogP) is 2.51. The van der Waals surface area contributed by atoms with Crippen molar-refractivity contribution in [2.24, 2.45) is 0 Å². The van der Waals surface area contributed by atoms with Gasteiger partial charge in [0.25, 0.3) is 0 Å². The topological polar surface area (TPSA) is 29.0 Å². The maximum atomic E-state index is 4.63. The fourth-order valence-corrected chi connectivity index (χ4v) is 1.93. The summed E-state index contributed by atoms with van der Waals surface area (Å²) in [6.07, 6.45) is 2.54. The molecular weight excluding hydrogens is 186 g/mol. The summed E-state index contributed by atoms with van der Waals surface area (Å²) in [5.74, 6) is 1.41. The Hall–Kier alpha value is -1.12. The number of aromatic nitrogens is 2. The van der Waals surface area contributed by atoms with Gasteiger partial charge in [-0.15, -0.1) is 0 Å². The van der Waals surface area contributed by atoms with Gasteiger partial charge in [0.1, 0.15) is 0 Å². The summed E-state index contributed by atoms with van der Waals surface area (Å²) in [5, 5.41) is 0. The summed E-state index contributed by atoms with van der Waals surface area (Å²) < 4.78 is 0. The quantitative estimate of drug-likeness (QED) is 0.743. The molecule has 1 aliphatic heterocycles. The van der Waals surface area contributed by atoms with Gasteiger partial charge >= 0.3 is 0 Å². The first-order chi connectivity index (χ1) is 7.16. The van der Waals surface area contributed by atoms with E-state index in [2.05, 4.69) is 34.8 Å². The van der Waals surface area contributed by atoms with Gasteiger partial charge in [-0.1, -0.05) is 13.8 Å². The third-order valence-electron chi connectivity index (χ3n) is 2.84. The maximum absolute atomic E-state index is 4.63. The SMILES string of the molecule is Cc1cc(C(C)C)nc(N2CCCC2)n1. The number of rotatable bonds is 2. The highest BCUT2D eigenvalue weighted by Crippen LogP contribution is 2.19. The summed E-state index contributed by atoms with van der Waals surface area (Å²) in [5.41, 5.74) is 2.24. The lowest BCUT2D eigenvalue weighted by Crippen LogP contribution is -2.21. The van der Waals surface area contributed by atoms with Gasteiger partial charge in [-0.25, -0.2) is 9.97 Å². The number of hydrogen-bond acceptors (Lipinski definition) is 3. The molecule has 0 atom stereocenters. The van der Waals surface area contributed by atoms with Gasteiger partial charge in [0, 0.05) is 24.5 Å². The van der Waals surface area contributed by atoms with Crippen LogP contribution in [0.3, 0.4) is 0 Å². The third kappa shape index (κ3) is 2.28. The van der Waals surface area contributed by atoms with E-state index in [1.807, 2.05) is 6.92 Å². The van der Waals surface area contributed by atoms with Crippen LogP contribution in [0.25, 0.3) is 0 Å². The van der Waals surface area contributed by atoms with Crippen LogP contribution in [-0.4, -0.2) is 23.1 Å². The van der Waals surface area contributed by atoms with Crippen molar-refractivity contribution in [1.29, 1.82) is 0 Å². The first kappa shape index (κ1) is 10.4. The molecule has 82 valence electrons. The molecule has 1 saturated heterocycles. The van der Waals surface area contributed by atoms with Crippen molar-refractivity contribution in [3.63, 3.8) is 0 Å². The maximum Gasteiger partial charge on any atom is 0.225 e. The van der Waals surface area contributed by atoms with Crippen LogP contribution in [0.2, 0.25) is 0 Å². The molecule has 0 saturated carbocycles. The molecule has 15 heavy (non-hydrogen) atoms. The van der Waals surface area contributed by atoms with Gasteiger partial charge in [-0.2, -0.15) is 0 Å². The van der Waals surface area contributed by atoms with E-state index in [1.54, 1.807) is 0 Å². The lowest BCUT2D eigenvalue weighted by Gasteiger charge is -2.17. The fourth-order valence-electron chi connectivity index (χ4n) is 1.93. The predicted molar refractivity (Wildman–Crippen MR) is 62.3 cm³/mol. The number of anilines is 1. The van der Waals surface area contributed by atoms with E-state index >= 15 is 0 Å². The molecule has 1 aromatic heterocycles. The van der Waals surface area contributed by atoms with Gasteiger partial charge in [-0.05, 0) is 31.7 Å². The summed E-state index contributed by atoms with van der Waals surface area (Å²) in [6, 6.07) is 2.09. The Morgan fingerprint density at radius 2 is 1.87 bits per heavy atom. The molecular formula is C12H19N3. The molecule has 1 fully saturated rings. The van der Waals surface area contributed by atoms with Gasteiger partial charge in [-0.3, -0.25) is 0 Å². The van der Waals surface area contributed by atoms with Crippen LogP contribution in [0, 0.1) is 6.92 Å². The second kappa shape index (κ2) is 4.17. The number of hydrogen-bond donors (Lipinski definition) is 0. The van der Waals surface area contributed by atoms with Crippen LogP contribution in [-0.2, 0) is 0 Å². The van der Waals surface area contributed by atoms with E-state index in [9.17, 15) is 0 Å². The molecule has 0 radical (unpaired) electrons. The van der Waals surface area contributed by atoms with Crippen molar-refractivity contribution in [1.82, 2.24) is 9.97 Å². The minimum atomic E-state index is 0.480. The molecule has 1 aliphatic rings. The van der Waals surface area contributed by atoms with Crippen molar-refractivity contribution < 1.29 is 0 Å². The second-order valence-electron chi connectivity index (χ2n) is 4.58. The lowest BCUT2D eigenvalue weighted by molar-refractivity contribution is 0.789. The van der Waals surface area contributed by atoms with Crippen LogP contribution >= 0.6 is 0 Å². The smallest absolute Gasteiger partial charge is 0.225 e. The zero-order valence-corrected chi connectivity index (χ0v) is 9.82. The first-order valence-electron chi connectivity index (χ1n) is 5.77. The van der Waals surface area contributed by atoms with Crippen LogP contribution in [0.4, 0.5) is 5.95 Å². The Balaban J connectivity index is 2.30. The molecule has 1 aromatic rings. The largest absolute Gasteiger partial charge is 0.341 e. The van der Waals surface area contributed by atoms with Crippen LogP contribution in [0.1, 0.15) is 44.0 Å². The standard InChI is InChI=1S/C12H19N3/c1-9(2)11-8-10(3)13-12(14-11)15-6-4-5-7-15/h8-9H,4-7H2,1-3H3. The van der Waals surface area contributed by atoms with E-state index in [4.69, 9.17) is 0 Å². The van der Waals surface area contributed by atoms with E-state index < -0.39 is 0 Å². The fraction of sp³-hybridized carbons (Fsp3) is 0.667. The number of aryl methyl sites for hydroxylation is 1. The molecule has 2 rings (SSSR count). The zero-order valence-electron chi connectivity index (χ0n) is 9.82. The highest BCUT2D eigenvalue weighted by Gasteiger charge is 2.16. The first-order valence-corrected chi connectivity index (χ1v) is 5.77. The van der Waals surface area contributed by atoms with Crippen molar-refractivity contribution in [2.45, 2.75) is 39.5 Å². The van der Waals surface area contributed by atoms with E-state index in [0.29, 0.717) is 5.92 Å². The Kier molecular flexibility index (Phi) is 2.89. The molecule has 3 nitrogen and oxygen atoms in total. The Labute approximate surface area is 91.5 Å². The Morgan fingerprint density at radius 3 is 2.47 bits per heavy atom. The molecule has 0 N–H and O–H groups in total. The third-order valence-corrected chi connectivity index (χ3v) is 2.84. The van der Waals surface area contributed by atoms with Crippen LogP contribution in [0.15, 0.2) is 6.07 Å². The second-order valence-corrected chi connectivity index (χ2v) is 4.58. The molecule has 0 unspecified atom stereocenters. The van der Waals surface area contributed by atoms with Crippen LogP contribution in [0.5, 0.6) is 0 Å². The minimum Gasteiger partial charge on any atom is -0.341 e. The molecule has 0 spiro atoms. The van der Waals surface area contributed by atoms with Crippen molar-refractivity contribution in [3.8, 4) is 0 Å². The summed E-state index contributed by atoms with van der Waals surface area (Å²) in [7, 11) is 0. The highest BCUT2D eigenvalue weighted by atomic mass is 15.3. The minimum absolute atomic E-state index is 0.480. The summed E-state index contributed by atoms with van der Waals surface area (Å²) >= 11 is 0. The summed E-state index contributed by atoms with van der Waals surface area (Å²) in [4.78, 5) is 11.4.